The number of aromatic nitrogens is 1. The van der Waals surface area contributed by atoms with E-state index in [4.69, 9.17) is 0 Å². The molecular formula is C13H11BrN2O2S. The Morgan fingerprint density at radius 3 is 2.74 bits per heavy atom. The maximum atomic E-state index is 11.8. The van der Waals surface area contributed by atoms with Crippen molar-refractivity contribution in [2.45, 2.75) is 5.03 Å². The van der Waals surface area contributed by atoms with Gasteiger partial charge in [-0.1, -0.05) is 12.1 Å². The molecule has 4 nitrogen and oxygen atoms in total. The largest absolute Gasteiger partial charge is 0.618 e. The molecule has 0 aliphatic heterocycles. The molecule has 0 unspecified atom stereocenters. The van der Waals surface area contributed by atoms with Gasteiger partial charge in [0.1, 0.15) is 0 Å². The fourth-order valence-electron chi connectivity index (χ4n) is 1.41. The van der Waals surface area contributed by atoms with Gasteiger partial charge < -0.3 is 10.5 Å². The van der Waals surface area contributed by atoms with Crippen molar-refractivity contribution in [3.05, 3.63) is 58.3 Å². The molecule has 0 saturated heterocycles. The number of amides is 1. The molecule has 98 valence electrons. The molecule has 1 amide bonds. The van der Waals surface area contributed by atoms with Crippen LogP contribution in [0.3, 0.4) is 0 Å². The van der Waals surface area contributed by atoms with Gasteiger partial charge in [0.25, 0.3) is 5.03 Å². The van der Waals surface area contributed by atoms with Crippen molar-refractivity contribution in [2.24, 2.45) is 0 Å². The molecule has 0 aliphatic carbocycles. The lowest BCUT2D eigenvalue weighted by molar-refractivity contribution is -0.645. The molecule has 1 N–H and O–H groups in total. The van der Waals surface area contributed by atoms with Crippen LogP contribution in [0.25, 0.3) is 0 Å². The Labute approximate surface area is 123 Å². The van der Waals surface area contributed by atoms with Gasteiger partial charge in [0.05, 0.1) is 11.4 Å². The molecule has 1 aromatic carbocycles. The van der Waals surface area contributed by atoms with Crippen LogP contribution in [0.1, 0.15) is 0 Å². The number of carbonyl (C=O) groups excluding carboxylic acids is 1. The van der Waals surface area contributed by atoms with Gasteiger partial charge in [-0.15, -0.1) is 0 Å². The van der Waals surface area contributed by atoms with E-state index in [1.54, 1.807) is 18.2 Å². The summed E-state index contributed by atoms with van der Waals surface area (Å²) < 4.78 is 1.57. The molecule has 0 fully saturated rings. The molecular weight excluding hydrogens is 328 g/mol. The van der Waals surface area contributed by atoms with Crippen molar-refractivity contribution in [1.29, 1.82) is 0 Å². The molecule has 0 bridgehead atoms. The lowest BCUT2D eigenvalue weighted by Gasteiger charge is -2.07. The highest BCUT2D eigenvalue weighted by Gasteiger charge is 2.10. The number of nitrogens with one attached hydrogen (secondary N) is 1. The molecule has 0 saturated carbocycles. The van der Waals surface area contributed by atoms with Crippen molar-refractivity contribution in [3.63, 3.8) is 0 Å². The topological polar surface area (TPSA) is 56.0 Å². The minimum Gasteiger partial charge on any atom is -0.618 e. The molecule has 6 heteroatoms. The average molecular weight is 339 g/mol. The summed E-state index contributed by atoms with van der Waals surface area (Å²) in [6.07, 6.45) is 1.41. The number of para-hydroxylation sites is 1. The van der Waals surface area contributed by atoms with Gasteiger partial charge in [0, 0.05) is 16.6 Å². The normalized spacial score (nSPS) is 10.2. The first-order valence-corrected chi connectivity index (χ1v) is 7.30. The van der Waals surface area contributed by atoms with E-state index < -0.39 is 0 Å². The number of pyridine rings is 1. The van der Waals surface area contributed by atoms with Crippen LogP contribution in [0.4, 0.5) is 5.69 Å². The minimum absolute atomic E-state index is 0.152. The zero-order chi connectivity index (χ0) is 13.7. The number of anilines is 1. The quantitative estimate of drug-likeness (QED) is 0.529. The Balaban J connectivity index is 1.92. The first-order valence-electron chi connectivity index (χ1n) is 5.52. The third-order valence-corrected chi connectivity index (χ3v) is 4.00. The lowest BCUT2D eigenvalue weighted by Crippen LogP contribution is -2.28. The molecule has 0 aliphatic rings. The highest BCUT2D eigenvalue weighted by molar-refractivity contribution is 9.10. The highest BCUT2D eigenvalue weighted by atomic mass is 79.9. The molecule has 1 aromatic heterocycles. The minimum atomic E-state index is -0.152. The van der Waals surface area contributed by atoms with Crippen LogP contribution >= 0.6 is 27.7 Å². The average Bonchev–Trinajstić information content (AvgIpc) is 2.40. The van der Waals surface area contributed by atoms with Crippen LogP contribution in [0.5, 0.6) is 0 Å². The van der Waals surface area contributed by atoms with Crippen LogP contribution in [0.2, 0.25) is 0 Å². The van der Waals surface area contributed by atoms with Crippen LogP contribution in [-0.2, 0) is 4.79 Å². The number of carbonyl (C=O) groups is 1. The van der Waals surface area contributed by atoms with Crippen molar-refractivity contribution < 1.29 is 9.52 Å². The first-order chi connectivity index (χ1) is 9.16. The number of rotatable bonds is 4. The maximum Gasteiger partial charge on any atom is 0.251 e. The predicted octanol–water partition coefficient (Wildman–Crippen LogP) is 2.81. The van der Waals surface area contributed by atoms with Crippen molar-refractivity contribution in [1.82, 2.24) is 0 Å². The van der Waals surface area contributed by atoms with Gasteiger partial charge in [0.15, 0.2) is 6.20 Å². The van der Waals surface area contributed by atoms with E-state index in [9.17, 15) is 10.0 Å². The molecule has 2 aromatic rings. The molecule has 19 heavy (non-hydrogen) atoms. The number of thioether (sulfide) groups is 1. The number of benzene rings is 1. The molecule has 1 heterocycles. The highest BCUT2D eigenvalue weighted by Crippen LogP contribution is 2.21. The summed E-state index contributed by atoms with van der Waals surface area (Å²) in [5.74, 6) is 0.0360. The fraction of sp³-hybridized carbons (Fsp3) is 0.0769. The standard InChI is InChI=1S/C13H11BrN2O2S/c14-10-5-1-2-6-11(10)15-12(17)9-19-13-7-3-4-8-16(13)18/h1-8H,9H2,(H,15,17). The second-order valence-electron chi connectivity index (χ2n) is 3.68. The van der Waals surface area contributed by atoms with E-state index >= 15 is 0 Å². The van der Waals surface area contributed by atoms with Gasteiger partial charge in [-0.25, -0.2) is 0 Å². The van der Waals surface area contributed by atoms with Gasteiger partial charge in [-0.05, 0) is 45.9 Å². The Morgan fingerprint density at radius 2 is 2.00 bits per heavy atom. The lowest BCUT2D eigenvalue weighted by atomic mass is 10.3. The summed E-state index contributed by atoms with van der Waals surface area (Å²) >= 11 is 4.56. The van der Waals surface area contributed by atoms with Gasteiger partial charge >= 0.3 is 0 Å². The summed E-state index contributed by atoms with van der Waals surface area (Å²) in [6, 6.07) is 12.5. The maximum absolute atomic E-state index is 11.8. The molecule has 0 spiro atoms. The van der Waals surface area contributed by atoms with E-state index in [-0.39, 0.29) is 11.7 Å². The zero-order valence-electron chi connectivity index (χ0n) is 9.88. The Bertz CT molecular complexity index is 592. The summed E-state index contributed by atoms with van der Waals surface area (Å²) in [5, 5.41) is 14.7. The predicted molar refractivity (Wildman–Crippen MR) is 78.9 cm³/mol. The molecule has 0 radical (unpaired) electrons. The van der Waals surface area contributed by atoms with Crippen LogP contribution in [0.15, 0.2) is 58.2 Å². The molecule has 2 rings (SSSR count). The smallest absolute Gasteiger partial charge is 0.251 e. The van der Waals surface area contributed by atoms with Crippen LogP contribution in [0, 0.1) is 5.21 Å². The van der Waals surface area contributed by atoms with Crippen molar-refractivity contribution in [3.8, 4) is 0 Å². The summed E-state index contributed by atoms with van der Waals surface area (Å²) in [7, 11) is 0. The number of hydrogen-bond acceptors (Lipinski definition) is 3. The SMILES string of the molecule is O=C(CSc1cccc[n+]1[O-])Nc1ccccc1Br. The Kier molecular flexibility index (Phi) is 4.81. The van der Waals surface area contributed by atoms with E-state index in [1.807, 2.05) is 24.3 Å². The third kappa shape index (κ3) is 3.97. The van der Waals surface area contributed by atoms with Crippen molar-refractivity contribution >= 4 is 39.3 Å². The monoisotopic (exact) mass is 338 g/mol. The first kappa shape index (κ1) is 13.9. The fourth-order valence-corrected chi connectivity index (χ4v) is 2.51. The van der Waals surface area contributed by atoms with E-state index in [2.05, 4.69) is 21.2 Å². The second kappa shape index (κ2) is 6.58. The molecule has 0 atom stereocenters. The van der Waals surface area contributed by atoms with Crippen LogP contribution < -0.4 is 10.0 Å². The van der Waals surface area contributed by atoms with Gasteiger partial charge in [-0.3, -0.25) is 4.79 Å². The Hall–Kier alpha value is -1.53. The zero-order valence-corrected chi connectivity index (χ0v) is 12.3. The number of nitrogens with zero attached hydrogens (tertiary/aromatic N) is 1. The summed E-state index contributed by atoms with van der Waals surface area (Å²) in [6.45, 7) is 0. The second-order valence-corrected chi connectivity index (χ2v) is 5.53. The van der Waals surface area contributed by atoms with E-state index in [0.29, 0.717) is 5.03 Å². The van der Waals surface area contributed by atoms with Crippen LogP contribution in [-0.4, -0.2) is 11.7 Å². The third-order valence-electron chi connectivity index (χ3n) is 2.29. The van der Waals surface area contributed by atoms with Crippen molar-refractivity contribution in [2.75, 3.05) is 11.1 Å². The summed E-state index contributed by atoms with van der Waals surface area (Å²) in [4.78, 5) is 11.8. The number of halogens is 1. The summed E-state index contributed by atoms with van der Waals surface area (Å²) in [5.41, 5.74) is 0.719. The van der Waals surface area contributed by atoms with E-state index in [0.717, 1.165) is 14.9 Å². The van der Waals surface area contributed by atoms with Gasteiger partial charge in [-0.2, -0.15) is 4.73 Å². The van der Waals surface area contributed by atoms with Gasteiger partial charge in [0.2, 0.25) is 5.91 Å². The number of hydrogen-bond donors (Lipinski definition) is 1. The van der Waals surface area contributed by atoms with E-state index in [1.165, 1.54) is 18.0 Å². The Morgan fingerprint density at radius 1 is 1.26 bits per heavy atom.